The molecule has 1 nitrogen and oxygen atoms in total. The van der Waals surface area contributed by atoms with Crippen molar-refractivity contribution < 1.29 is 5.11 Å². The van der Waals surface area contributed by atoms with Gasteiger partial charge in [-0.1, -0.05) is 79.1 Å². The number of rotatable bonds is 0. The molecule has 2 fully saturated rings. The minimum absolute atomic E-state index is 0.250. The van der Waals surface area contributed by atoms with Crippen molar-refractivity contribution in [2.45, 2.75) is 86.0 Å². The number of hydrogen-bond donors (Lipinski definition) is 1. The van der Waals surface area contributed by atoms with Crippen LogP contribution in [0.2, 0.25) is 0 Å². The summed E-state index contributed by atoms with van der Waals surface area (Å²) in [6.07, 6.45) is 11.8. The first kappa shape index (κ1) is 19.0. The van der Waals surface area contributed by atoms with E-state index in [9.17, 15) is 0 Å². The summed E-state index contributed by atoms with van der Waals surface area (Å²) in [7, 11) is 0. The van der Waals surface area contributed by atoms with Gasteiger partial charge < -0.3 is 5.11 Å². The van der Waals surface area contributed by atoms with Crippen LogP contribution in [-0.4, -0.2) is 11.7 Å². The summed E-state index contributed by atoms with van der Waals surface area (Å²) >= 11 is 0. The summed E-state index contributed by atoms with van der Waals surface area (Å²) < 4.78 is 0. The van der Waals surface area contributed by atoms with Crippen LogP contribution in [0.3, 0.4) is 0 Å². The Morgan fingerprint density at radius 3 is 0.789 bits per heavy atom. The summed E-state index contributed by atoms with van der Waals surface area (Å²) in [6, 6.07) is 0. The summed E-state index contributed by atoms with van der Waals surface area (Å²) in [5.74, 6) is 4.08. The molecule has 0 atom stereocenters. The molecule has 2 rings (SSSR count). The molecule has 1 N–H and O–H groups in total. The fraction of sp³-hybridized carbons (Fsp3) is 1.00. The highest BCUT2D eigenvalue weighted by atomic mass is 16.2. The zero-order valence-electron chi connectivity index (χ0n) is 14.1. The third-order valence-electron chi connectivity index (χ3n) is 4.61. The smallest absolute Gasteiger partial charge is 0.0402 e. The Hall–Kier alpha value is -0.0400. The molecule has 0 saturated heterocycles. The van der Waals surface area contributed by atoms with Crippen LogP contribution in [0.4, 0.5) is 0 Å². The van der Waals surface area contributed by atoms with Crippen molar-refractivity contribution >= 4 is 0 Å². The quantitative estimate of drug-likeness (QED) is 0.602. The van der Waals surface area contributed by atoms with Gasteiger partial charge in [-0.25, -0.2) is 0 Å². The molecule has 0 aromatic heterocycles. The highest BCUT2D eigenvalue weighted by Gasteiger charge is 2.13. The summed E-state index contributed by atoms with van der Waals surface area (Å²) in [4.78, 5) is 0. The standard InChI is InChI=1S/2C8H16.C2H6O/c2*1-7-3-5-8(2)6-4-7;1-2-3/h2*7-8H,3-6H2,1-2H3;3H,2H2,1H3. The van der Waals surface area contributed by atoms with Crippen molar-refractivity contribution in [2.24, 2.45) is 23.7 Å². The van der Waals surface area contributed by atoms with Gasteiger partial charge in [0.2, 0.25) is 0 Å². The van der Waals surface area contributed by atoms with Crippen LogP contribution < -0.4 is 0 Å². The van der Waals surface area contributed by atoms with Gasteiger partial charge in [-0.2, -0.15) is 0 Å². The van der Waals surface area contributed by atoms with E-state index < -0.39 is 0 Å². The van der Waals surface area contributed by atoms with E-state index in [1.807, 2.05) is 0 Å². The summed E-state index contributed by atoms with van der Waals surface area (Å²) in [5.41, 5.74) is 0. The minimum Gasteiger partial charge on any atom is -0.397 e. The maximum atomic E-state index is 7.57. The monoisotopic (exact) mass is 270 g/mol. The van der Waals surface area contributed by atoms with E-state index in [4.69, 9.17) is 5.11 Å². The molecule has 116 valence electrons. The van der Waals surface area contributed by atoms with Gasteiger partial charge in [-0.05, 0) is 30.6 Å². The molecule has 0 spiro atoms. The molecule has 0 heterocycles. The van der Waals surface area contributed by atoms with E-state index in [1.165, 1.54) is 51.4 Å². The number of aliphatic hydroxyl groups excluding tert-OH is 1. The molecule has 2 aliphatic rings. The number of hydrogen-bond acceptors (Lipinski definition) is 1. The molecule has 1 heteroatoms. The Labute approximate surface area is 122 Å². The molecule has 0 aliphatic heterocycles. The van der Waals surface area contributed by atoms with Crippen molar-refractivity contribution in [2.75, 3.05) is 6.61 Å². The van der Waals surface area contributed by atoms with E-state index in [0.29, 0.717) is 0 Å². The van der Waals surface area contributed by atoms with Gasteiger partial charge in [0.15, 0.2) is 0 Å². The predicted octanol–water partition coefficient (Wildman–Crippen LogP) is 5.66. The van der Waals surface area contributed by atoms with Gasteiger partial charge >= 0.3 is 0 Å². The lowest BCUT2D eigenvalue weighted by Crippen LogP contribution is -2.08. The second-order valence-corrected chi connectivity index (χ2v) is 7.05. The Kier molecular flexibility index (Phi) is 11.7. The lowest BCUT2D eigenvalue weighted by molar-refractivity contribution is 0.308. The Morgan fingerprint density at radius 2 is 0.684 bits per heavy atom. The highest BCUT2D eigenvalue weighted by Crippen LogP contribution is 2.27. The van der Waals surface area contributed by atoms with Crippen LogP contribution >= 0.6 is 0 Å². The maximum Gasteiger partial charge on any atom is 0.0402 e. The first-order chi connectivity index (χ1) is 8.99. The molecular formula is C18H38O. The first-order valence-electron chi connectivity index (χ1n) is 8.60. The molecule has 0 aromatic rings. The summed E-state index contributed by atoms with van der Waals surface area (Å²) in [6.45, 7) is 11.4. The molecule has 2 saturated carbocycles. The number of aliphatic hydroxyl groups is 1. The molecule has 0 unspecified atom stereocenters. The Balaban J connectivity index is 0.000000284. The lowest BCUT2D eigenvalue weighted by atomic mass is 9.84. The van der Waals surface area contributed by atoms with Gasteiger partial charge in [-0.3, -0.25) is 0 Å². The topological polar surface area (TPSA) is 20.2 Å². The maximum absolute atomic E-state index is 7.57. The normalized spacial score (nSPS) is 34.4. The molecule has 0 bridgehead atoms. The molecule has 19 heavy (non-hydrogen) atoms. The van der Waals surface area contributed by atoms with Crippen LogP contribution in [-0.2, 0) is 0 Å². The zero-order chi connectivity index (χ0) is 14.7. The van der Waals surface area contributed by atoms with E-state index >= 15 is 0 Å². The van der Waals surface area contributed by atoms with Crippen molar-refractivity contribution in [3.63, 3.8) is 0 Å². The van der Waals surface area contributed by atoms with Gasteiger partial charge in [-0.15, -0.1) is 0 Å². The van der Waals surface area contributed by atoms with Crippen LogP contribution in [0, 0.1) is 23.7 Å². The second-order valence-electron chi connectivity index (χ2n) is 7.05. The van der Waals surface area contributed by atoms with Crippen molar-refractivity contribution in [1.82, 2.24) is 0 Å². The van der Waals surface area contributed by atoms with E-state index in [0.717, 1.165) is 23.7 Å². The third-order valence-corrected chi connectivity index (χ3v) is 4.61. The third kappa shape index (κ3) is 11.5. The van der Waals surface area contributed by atoms with Crippen LogP contribution in [0.1, 0.15) is 86.0 Å². The van der Waals surface area contributed by atoms with Crippen molar-refractivity contribution in [1.29, 1.82) is 0 Å². The average molecular weight is 271 g/mol. The fourth-order valence-electron chi connectivity index (χ4n) is 2.85. The van der Waals surface area contributed by atoms with Crippen LogP contribution in [0.25, 0.3) is 0 Å². The lowest BCUT2D eigenvalue weighted by Gasteiger charge is -2.22. The van der Waals surface area contributed by atoms with Crippen molar-refractivity contribution in [3.8, 4) is 0 Å². The van der Waals surface area contributed by atoms with E-state index in [-0.39, 0.29) is 6.61 Å². The molecular weight excluding hydrogens is 232 g/mol. The fourth-order valence-corrected chi connectivity index (χ4v) is 2.85. The Morgan fingerprint density at radius 1 is 0.579 bits per heavy atom. The second kappa shape index (κ2) is 11.8. The Bertz CT molecular complexity index is 134. The van der Waals surface area contributed by atoms with Crippen molar-refractivity contribution in [3.05, 3.63) is 0 Å². The first-order valence-corrected chi connectivity index (χ1v) is 8.60. The summed E-state index contributed by atoms with van der Waals surface area (Å²) in [5, 5.41) is 7.57. The van der Waals surface area contributed by atoms with Gasteiger partial charge in [0.1, 0.15) is 0 Å². The SMILES string of the molecule is CC1CCC(C)CC1.CC1CCC(C)CC1.CCO. The molecule has 0 radical (unpaired) electrons. The van der Waals surface area contributed by atoms with E-state index in [2.05, 4.69) is 27.7 Å². The zero-order valence-corrected chi connectivity index (χ0v) is 14.1. The molecule has 0 amide bonds. The predicted molar refractivity (Wildman–Crippen MR) is 86.4 cm³/mol. The van der Waals surface area contributed by atoms with Gasteiger partial charge in [0.25, 0.3) is 0 Å². The van der Waals surface area contributed by atoms with E-state index in [1.54, 1.807) is 6.92 Å². The molecule has 2 aliphatic carbocycles. The minimum atomic E-state index is 0.250. The van der Waals surface area contributed by atoms with Crippen LogP contribution in [0.5, 0.6) is 0 Å². The highest BCUT2D eigenvalue weighted by molar-refractivity contribution is 4.66. The van der Waals surface area contributed by atoms with Gasteiger partial charge in [0.05, 0.1) is 0 Å². The average Bonchev–Trinajstić information content (AvgIpc) is 2.38. The largest absolute Gasteiger partial charge is 0.397 e. The van der Waals surface area contributed by atoms with Gasteiger partial charge in [0, 0.05) is 6.61 Å². The molecule has 0 aromatic carbocycles. The van der Waals surface area contributed by atoms with Crippen LogP contribution in [0.15, 0.2) is 0 Å².